The zero-order chi connectivity index (χ0) is 15.9. The average molecular weight is 311 g/mol. The topological polar surface area (TPSA) is 54.7 Å². The van der Waals surface area contributed by atoms with Gasteiger partial charge in [-0.3, -0.25) is 0 Å². The lowest BCUT2D eigenvalue weighted by Crippen LogP contribution is -1.91. The van der Waals surface area contributed by atoms with Crippen LogP contribution in [0.1, 0.15) is 0 Å². The molecule has 3 aromatic heterocycles. The minimum Gasteiger partial charge on any atom is -0.454 e. The Morgan fingerprint density at radius 2 is 1.71 bits per heavy atom. The van der Waals surface area contributed by atoms with Crippen LogP contribution in [0.3, 0.4) is 0 Å². The number of nitrogens with one attached hydrogen (secondary N) is 1. The lowest BCUT2D eigenvalue weighted by Gasteiger charge is -2.07. The Hall–Kier alpha value is -3.40. The molecule has 4 nitrogen and oxygen atoms in total. The monoisotopic (exact) mass is 311 g/mol. The van der Waals surface area contributed by atoms with Crippen molar-refractivity contribution >= 4 is 21.9 Å². The Kier molecular flexibility index (Phi) is 2.76. The first kappa shape index (κ1) is 13.1. The lowest BCUT2D eigenvalue weighted by atomic mass is 10.1. The van der Waals surface area contributed by atoms with Gasteiger partial charge in [0.2, 0.25) is 0 Å². The van der Waals surface area contributed by atoms with Gasteiger partial charge < -0.3 is 9.40 Å². The highest BCUT2D eigenvalue weighted by Gasteiger charge is 2.16. The van der Waals surface area contributed by atoms with E-state index < -0.39 is 0 Å². The van der Waals surface area contributed by atoms with Crippen LogP contribution >= 0.6 is 0 Å². The van der Waals surface area contributed by atoms with Crippen LogP contribution in [-0.2, 0) is 0 Å². The molecular weight excluding hydrogens is 298 g/mol. The number of furan rings is 1. The molecule has 0 aliphatic rings. The van der Waals surface area contributed by atoms with Gasteiger partial charge in [0, 0.05) is 28.7 Å². The number of aromatic nitrogens is 3. The smallest absolute Gasteiger partial charge is 0.154 e. The van der Waals surface area contributed by atoms with Gasteiger partial charge in [0.1, 0.15) is 17.1 Å². The van der Waals surface area contributed by atoms with E-state index in [2.05, 4.69) is 22.1 Å². The summed E-state index contributed by atoms with van der Waals surface area (Å²) in [5.74, 6) is 1.53. The Balaban J connectivity index is 1.83. The van der Waals surface area contributed by atoms with Gasteiger partial charge in [-0.2, -0.15) is 0 Å². The molecule has 24 heavy (non-hydrogen) atoms. The second-order valence-electron chi connectivity index (χ2n) is 5.66. The van der Waals surface area contributed by atoms with Crippen LogP contribution in [0.4, 0.5) is 0 Å². The molecule has 3 heterocycles. The summed E-state index contributed by atoms with van der Waals surface area (Å²) >= 11 is 0. The molecule has 114 valence electrons. The molecule has 0 aliphatic heterocycles. The third-order valence-electron chi connectivity index (χ3n) is 4.14. The molecule has 4 heteroatoms. The van der Waals surface area contributed by atoms with Gasteiger partial charge in [-0.1, -0.05) is 36.4 Å². The van der Waals surface area contributed by atoms with E-state index in [4.69, 9.17) is 9.40 Å². The van der Waals surface area contributed by atoms with Gasteiger partial charge in [-0.15, -0.1) is 0 Å². The van der Waals surface area contributed by atoms with E-state index in [1.54, 1.807) is 6.20 Å². The van der Waals surface area contributed by atoms with Crippen molar-refractivity contribution in [1.82, 2.24) is 15.0 Å². The molecular formula is C20H13N3O. The van der Waals surface area contributed by atoms with Gasteiger partial charge >= 0.3 is 0 Å². The second-order valence-corrected chi connectivity index (χ2v) is 5.66. The van der Waals surface area contributed by atoms with Gasteiger partial charge in [0.05, 0.1) is 5.52 Å². The SMILES string of the molecule is c1ccc2nc(-c3cc4ccccc4o3)c(-c3ncc[nH]3)cc2c1. The molecule has 1 N–H and O–H groups in total. The van der Waals surface area contributed by atoms with Crippen LogP contribution in [0, 0.1) is 0 Å². The molecule has 0 amide bonds. The highest BCUT2D eigenvalue weighted by atomic mass is 16.3. The predicted molar refractivity (Wildman–Crippen MR) is 94.5 cm³/mol. The first-order valence-electron chi connectivity index (χ1n) is 7.77. The van der Waals surface area contributed by atoms with E-state index in [-0.39, 0.29) is 0 Å². The van der Waals surface area contributed by atoms with Gasteiger partial charge in [0.15, 0.2) is 5.76 Å². The molecule has 0 saturated heterocycles. The third-order valence-corrected chi connectivity index (χ3v) is 4.14. The molecule has 0 radical (unpaired) electrons. The summed E-state index contributed by atoms with van der Waals surface area (Å²) in [6.07, 6.45) is 3.56. The van der Waals surface area contributed by atoms with Crippen molar-refractivity contribution in [1.29, 1.82) is 0 Å². The number of fused-ring (bicyclic) bond motifs is 2. The first-order chi connectivity index (χ1) is 11.9. The predicted octanol–water partition coefficient (Wildman–Crippen LogP) is 5.04. The maximum absolute atomic E-state index is 6.04. The van der Waals surface area contributed by atoms with E-state index in [1.807, 2.05) is 54.7 Å². The number of para-hydroxylation sites is 2. The van der Waals surface area contributed by atoms with Gasteiger partial charge in [-0.05, 0) is 24.3 Å². The summed E-state index contributed by atoms with van der Waals surface area (Å²) in [6.45, 7) is 0. The summed E-state index contributed by atoms with van der Waals surface area (Å²) in [7, 11) is 0. The minimum atomic E-state index is 0.744. The van der Waals surface area contributed by atoms with Crippen molar-refractivity contribution in [3.63, 3.8) is 0 Å². The van der Waals surface area contributed by atoms with E-state index in [0.717, 1.165) is 44.7 Å². The summed E-state index contributed by atoms with van der Waals surface area (Å²) in [5.41, 5.74) is 3.51. The number of hydrogen-bond donors (Lipinski definition) is 1. The molecule has 5 rings (SSSR count). The Morgan fingerprint density at radius 1 is 0.875 bits per heavy atom. The molecule has 0 unspecified atom stereocenters. The molecule has 0 atom stereocenters. The summed E-state index contributed by atoms with van der Waals surface area (Å²) in [4.78, 5) is 12.4. The van der Waals surface area contributed by atoms with E-state index in [1.165, 1.54) is 0 Å². The van der Waals surface area contributed by atoms with Crippen molar-refractivity contribution in [2.24, 2.45) is 0 Å². The number of rotatable bonds is 2. The van der Waals surface area contributed by atoms with Crippen molar-refractivity contribution in [2.75, 3.05) is 0 Å². The van der Waals surface area contributed by atoms with E-state index >= 15 is 0 Å². The Bertz CT molecular complexity index is 1120. The minimum absolute atomic E-state index is 0.744. The lowest BCUT2D eigenvalue weighted by molar-refractivity contribution is 0.629. The number of pyridine rings is 1. The molecule has 0 aliphatic carbocycles. The second kappa shape index (κ2) is 5.06. The van der Waals surface area contributed by atoms with Crippen LogP contribution in [0.25, 0.3) is 44.7 Å². The largest absolute Gasteiger partial charge is 0.454 e. The maximum atomic E-state index is 6.04. The Labute approximate surface area is 137 Å². The van der Waals surface area contributed by atoms with Crippen molar-refractivity contribution in [2.45, 2.75) is 0 Å². The molecule has 2 aromatic carbocycles. The van der Waals surface area contributed by atoms with Gasteiger partial charge in [0.25, 0.3) is 0 Å². The third kappa shape index (κ3) is 2.01. The Morgan fingerprint density at radius 3 is 2.54 bits per heavy atom. The number of aromatic amines is 1. The average Bonchev–Trinajstić information content (AvgIpc) is 3.30. The maximum Gasteiger partial charge on any atom is 0.154 e. The molecule has 0 saturated carbocycles. The van der Waals surface area contributed by atoms with Crippen LogP contribution in [0.2, 0.25) is 0 Å². The molecule has 0 spiro atoms. The first-order valence-corrected chi connectivity index (χ1v) is 7.77. The van der Waals surface area contributed by atoms with Crippen LogP contribution < -0.4 is 0 Å². The number of imidazole rings is 1. The quantitative estimate of drug-likeness (QED) is 0.497. The van der Waals surface area contributed by atoms with Gasteiger partial charge in [-0.25, -0.2) is 9.97 Å². The van der Waals surface area contributed by atoms with Crippen molar-refractivity contribution in [3.05, 3.63) is 73.1 Å². The van der Waals surface area contributed by atoms with Crippen molar-refractivity contribution in [3.8, 4) is 22.8 Å². The summed E-state index contributed by atoms with van der Waals surface area (Å²) in [5, 5.41) is 2.14. The molecule has 5 aromatic rings. The normalized spacial score (nSPS) is 11.3. The summed E-state index contributed by atoms with van der Waals surface area (Å²) in [6, 6.07) is 20.2. The summed E-state index contributed by atoms with van der Waals surface area (Å²) < 4.78 is 6.04. The van der Waals surface area contributed by atoms with Crippen LogP contribution in [0.15, 0.2) is 77.5 Å². The molecule has 0 bridgehead atoms. The van der Waals surface area contributed by atoms with Crippen LogP contribution in [-0.4, -0.2) is 15.0 Å². The number of H-pyrrole nitrogens is 1. The van der Waals surface area contributed by atoms with E-state index in [9.17, 15) is 0 Å². The highest BCUT2D eigenvalue weighted by molar-refractivity contribution is 5.91. The zero-order valence-electron chi connectivity index (χ0n) is 12.7. The fourth-order valence-corrected chi connectivity index (χ4v) is 3.00. The number of benzene rings is 2. The van der Waals surface area contributed by atoms with Crippen LogP contribution in [0.5, 0.6) is 0 Å². The fourth-order valence-electron chi connectivity index (χ4n) is 3.00. The highest BCUT2D eigenvalue weighted by Crippen LogP contribution is 2.34. The fraction of sp³-hybridized carbons (Fsp3) is 0. The number of nitrogens with zero attached hydrogens (tertiary/aromatic N) is 2. The van der Waals surface area contributed by atoms with Crippen molar-refractivity contribution < 1.29 is 4.42 Å². The standard InChI is InChI=1S/C20H13N3O/c1-3-7-16-13(5-1)11-15(20-21-9-10-22-20)19(23-16)18-12-14-6-2-4-8-17(14)24-18/h1-12H,(H,21,22). The zero-order valence-corrected chi connectivity index (χ0v) is 12.7. The number of hydrogen-bond acceptors (Lipinski definition) is 3. The van der Waals surface area contributed by atoms with E-state index in [0.29, 0.717) is 0 Å². The molecule has 0 fully saturated rings.